The Morgan fingerprint density at radius 2 is 1.87 bits per heavy atom. The van der Waals surface area contributed by atoms with Crippen molar-refractivity contribution in [2.75, 3.05) is 23.9 Å². The van der Waals surface area contributed by atoms with E-state index in [9.17, 15) is 9.59 Å². The summed E-state index contributed by atoms with van der Waals surface area (Å²) in [5.41, 5.74) is 3.87. The minimum Gasteiger partial charge on any atom is -0.452 e. The maximum absolute atomic E-state index is 13.1. The van der Waals surface area contributed by atoms with E-state index >= 15 is 0 Å². The lowest BCUT2D eigenvalue weighted by Gasteiger charge is -2.65. The predicted molar refractivity (Wildman–Crippen MR) is 118 cm³/mol. The fourth-order valence-corrected chi connectivity index (χ4v) is 8.40. The predicted octanol–water partition coefficient (Wildman–Crippen LogP) is 5.53. The first-order valence-corrected chi connectivity index (χ1v) is 11.5. The molecule has 4 aliphatic carbocycles. The summed E-state index contributed by atoms with van der Waals surface area (Å²) in [6.07, 6.45) is 9.81. The molecule has 1 heterocycles. The van der Waals surface area contributed by atoms with Crippen LogP contribution in [0.25, 0.3) is 0 Å². The summed E-state index contributed by atoms with van der Waals surface area (Å²) in [7, 11) is 1.41. The Labute approximate surface area is 179 Å². The highest BCUT2D eigenvalue weighted by Gasteiger charge is 2.60. The van der Waals surface area contributed by atoms with Crippen molar-refractivity contribution in [3.8, 4) is 0 Å². The van der Waals surface area contributed by atoms with E-state index in [2.05, 4.69) is 19.2 Å². The molecule has 5 aliphatic rings. The van der Waals surface area contributed by atoms with Gasteiger partial charge in [0.1, 0.15) is 0 Å². The van der Waals surface area contributed by atoms with E-state index in [-0.39, 0.29) is 17.4 Å². The molecule has 1 aromatic carbocycles. The molecule has 2 atom stereocenters. The summed E-state index contributed by atoms with van der Waals surface area (Å²) in [6, 6.07) is 5.89. The molecule has 4 bridgehead atoms. The van der Waals surface area contributed by atoms with Gasteiger partial charge in [-0.15, -0.1) is 0 Å². The molecule has 0 unspecified atom stereocenters. The third-order valence-electron chi connectivity index (χ3n) is 8.15. The van der Waals surface area contributed by atoms with E-state index in [4.69, 9.17) is 4.74 Å². The van der Waals surface area contributed by atoms with Crippen molar-refractivity contribution in [3.05, 3.63) is 23.8 Å². The monoisotopic (exact) mass is 410 g/mol. The van der Waals surface area contributed by atoms with Gasteiger partial charge < -0.3 is 10.1 Å². The van der Waals surface area contributed by atoms with E-state index in [1.54, 1.807) is 4.90 Å². The Bertz CT molecular complexity index is 876. The van der Waals surface area contributed by atoms with Crippen LogP contribution < -0.4 is 10.2 Å². The number of hydrogen-bond donors (Lipinski definition) is 1. The number of nitrogens with zero attached hydrogens (tertiary/aromatic N) is 1. The van der Waals surface area contributed by atoms with E-state index in [1.807, 2.05) is 18.2 Å². The number of methoxy groups -OCH3 is 1. The zero-order chi connectivity index (χ0) is 21.1. The van der Waals surface area contributed by atoms with Gasteiger partial charge in [-0.3, -0.25) is 9.69 Å². The van der Waals surface area contributed by atoms with Crippen molar-refractivity contribution in [1.29, 1.82) is 0 Å². The molecule has 4 saturated carbocycles. The third-order valence-corrected chi connectivity index (χ3v) is 8.15. The highest BCUT2D eigenvalue weighted by molar-refractivity contribution is 5.93. The standard InChI is InChI=1S/C25H34N2O3/c1-23-10-17-11-24(2,14-23)16-25(12-17,15-23)13-21(28)26-19-6-7-20-18(9-19)5-4-8-27(20)22(29)30-3/h6-7,9,17H,4-5,8,10-16H2,1-3H3,(H,26,28)/t17?,23-,24-,25?/m1/s1. The van der Waals surface area contributed by atoms with Gasteiger partial charge in [-0.2, -0.15) is 0 Å². The van der Waals surface area contributed by atoms with Crippen LogP contribution in [0.3, 0.4) is 0 Å². The largest absolute Gasteiger partial charge is 0.452 e. The van der Waals surface area contributed by atoms with E-state index in [1.165, 1.54) is 45.6 Å². The number of carbonyl (C=O) groups is 2. The molecule has 1 aliphatic heterocycles. The third kappa shape index (κ3) is 3.40. The SMILES string of the molecule is COC(=O)N1CCCc2cc(NC(=O)CC34CC5C[C@@](C)(C3)C[C@@](C)(C5)C4)ccc21. The normalized spacial score (nSPS) is 36.4. The van der Waals surface area contributed by atoms with Gasteiger partial charge in [0.25, 0.3) is 0 Å². The van der Waals surface area contributed by atoms with Crippen molar-refractivity contribution in [2.24, 2.45) is 22.2 Å². The van der Waals surface area contributed by atoms with Gasteiger partial charge >= 0.3 is 6.09 Å². The summed E-state index contributed by atoms with van der Waals surface area (Å²) in [6.45, 7) is 5.59. The number of fused-ring (bicyclic) bond motifs is 1. The molecule has 30 heavy (non-hydrogen) atoms. The maximum atomic E-state index is 13.1. The molecule has 0 spiro atoms. The summed E-state index contributed by atoms with van der Waals surface area (Å²) < 4.78 is 4.91. The van der Waals surface area contributed by atoms with Crippen LogP contribution in [0.1, 0.15) is 70.8 Å². The average molecular weight is 411 g/mol. The Kier molecular flexibility index (Phi) is 4.46. The first-order valence-electron chi connectivity index (χ1n) is 11.5. The minimum absolute atomic E-state index is 0.143. The second-order valence-corrected chi connectivity index (χ2v) is 11.4. The highest BCUT2D eigenvalue weighted by atomic mass is 16.5. The molecule has 1 aromatic rings. The van der Waals surface area contributed by atoms with Gasteiger partial charge in [-0.25, -0.2) is 4.79 Å². The molecule has 5 heteroatoms. The minimum atomic E-state index is -0.323. The summed E-state index contributed by atoms with van der Waals surface area (Å²) in [5.74, 6) is 0.946. The number of carbonyl (C=O) groups excluding carboxylic acids is 2. The lowest BCUT2D eigenvalue weighted by molar-refractivity contribution is -0.153. The molecule has 4 fully saturated rings. The van der Waals surface area contributed by atoms with Crippen molar-refractivity contribution in [1.82, 2.24) is 0 Å². The number of anilines is 2. The fourth-order valence-electron chi connectivity index (χ4n) is 8.40. The highest BCUT2D eigenvalue weighted by Crippen LogP contribution is 2.70. The molecule has 0 radical (unpaired) electrons. The van der Waals surface area contributed by atoms with Crippen LogP contribution in [-0.2, 0) is 16.0 Å². The van der Waals surface area contributed by atoms with Gasteiger partial charge in [0.2, 0.25) is 5.91 Å². The van der Waals surface area contributed by atoms with Crippen LogP contribution >= 0.6 is 0 Å². The van der Waals surface area contributed by atoms with Gasteiger partial charge in [0.05, 0.1) is 12.8 Å². The quantitative estimate of drug-likeness (QED) is 0.713. The Morgan fingerprint density at radius 3 is 2.53 bits per heavy atom. The number of ether oxygens (including phenoxy) is 1. The molecular formula is C25H34N2O3. The van der Waals surface area contributed by atoms with E-state index < -0.39 is 0 Å². The van der Waals surface area contributed by atoms with Crippen LogP contribution in [-0.4, -0.2) is 25.7 Å². The zero-order valence-electron chi connectivity index (χ0n) is 18.6. The van der Waals surface area contributed by atoms with Gasteiger partial charge in [-0.05, 0) is 97.3 Å². The number of amides is 2. The van der Waals surface area contributed by atoms with Crippen LogP contribution in [0.5, 0.6) is 0 Å². The smallest absolute Gasteiger partial charge is 0.414 e. The summed E-state index contributed by atoms with van der Waals surface area (Å²) >= 11 is 0. The van der Waals surface area contributed by atoms with E-state index in [0.717, 1.165) is 35.7 Å². The lowest BCUT2D eigenvalue weighted by Crippen LogP contribution is -2.55. The summed E-state index contributed by atoms with van der Waals surface area (Å²) in [4.78, 5) is 26.8. The van der Waals surface area contributed by atoms with Gasteiger partial charge in [-0.1, -0.05) is 13.8 Å². The number of nitrogens with one attached hydrogen (secondary N) is 1. The second kappa shape index (κ2) is 6.73. The fraction of sp³-hybridized carbons (Fsp3) is 0.680. The molecule has 2 amide bonds. The topological polar surface area (TPSA) is 58.6 Å². The summed E-state index contributed by atoms with van der Waals surface area (Å²) in [5, 5.41) is 3.18. The average Bonchev–Trinajstić information content (AvgIpc) is 2.63. The molecule has 6 rings (SSSR count). The maximum Gasteiger partial charge on any atom is 0.414 e. The number of aryl methyl sites for hydroxylation is 1. The van der Waals surface area contributed by atoms with Crippen molar-refractivity contribution >= 4 is 23.4 Å². The molecular weight excluding hydrogens is 376 g/mol. The number of hydrogen-bond acceptors (Lipinski definition) is 3. The van der Waals surface area contributed by atoms with Gasteiger partial charge in [0.15, 0.2) is 0 Å². The van der Waals surface area contributed by atoms with Crippen LogP contribution in [0, 0.1) is 22.2 Å². The van der Waals surface area contributed by atoms with Crippen molar-refractivity contribution in [3.63, 3.8) is 0 Å². The molecule has 162 valence electrons. The number of benzene rings is 1. The molecule has 0 aromatic heterocycles. The molecule has 5 nitrogen and oxygen atoms in total. The zero-order valence-corrected chi connectivity index (χ0v) is 18.6. The Balaban J connectivity index is 1.30. The Morgan fingerprint density at radius 1 is 1.13 bits per heavy atom. The lowest BCUT2D eigenvalue weighted by atomic mass is 9.40. The van der Waals surface area contributed by atoms with Crippen molar-refractivity contribution in [2.45, 2.75) is 71.6 Å². The number of rotatable bonds is 3. The molecule has 1 N–H and O–H groups in total. The van der Waals surface area contributed by atoms with Crippen LogP contribution in [0.15, 0.2) is 18.2 Å². The van der Waals surface area contributed by atoms with Crippen molar-refractivity contribution < 1.29 is 14.3 Å². The second-order valence-electron chi connectivity index (χ2n) is 11.4. The molecule has 0 saturated heterocycles. The first-order chi connectivity index (χ1) is 14.2. The Hall–Kier alpha value is -2.04. The first kappa shape index (κ1) is 19.9. The van der Waals surface area contributed by atoms with E-state index in [0.29, 0.717) is 23.8 Å². The van der Waals surface area contributed by atoms with Crippen LogP contribution in [0.4, 0.5) is 16.2 Å². The van der Waals surface area contributed by atoms with Gasteiger partial charge in [0, 0.05) is 18.7 Å². The van der Waals surface area contributed by atoms with Crippen LogP contribution in [0.2, 0.25) is 0 Å².